The second kappa shape index (κ2) is 6.47. The number of pyridine rings is 1. The van der Waals surface area contributed by atoms with Gasteiger partial charge in [-0.3, -0.25) is 0 Å². The zero-order chi connectivity index (χ0) is 13.7. The Bertz CT molecular complexity index is 568. The lowest BCUT2D eigenvalue weighted by Crippen LogP contribution is -2.30. The third-order valence-corrected chi connectivity index (χ3v) is 2.99. The fourth-order valence-corrected chi connectivity index (χ4v) is 1.91. The number of carbonyl (C=O) groups is 1. The number of aromatic nitrogens is 4. The quantitative estimate of drug-likeness (QED) is 0.675. The summed E-state index contributed by atoms with van der Waals surface area (Å²) < 4.78 is 1.21. The van der Waals surface area contributed by atoms with E-state index < -0.39 is 0 Å². The van der Waals surface area contributed by atoms with Crippen molar-refractivity contribution in [2.24, 2.45) is 0 Å². The molecule has 6 nitrogen and oxygen atoms in total. The van der Waals surface area contributed by atoms with Crippen molar-refractivity contribution in [1.82, 2.24) is 25.3 Å². The number of unbranched alkanes of at least 4 members (excludes halogenated alkanes) is 3. The number of hydrogen-bond donors (Lipinski definition) is 1. The van der Waals surface area contributed by atoms with E-state index in [0.29, 0.717) is 22.9 Å². The Balaban J connectivity index is 1.97. The summed E-state index contributed by atoms with van der Waals surface area (Å²) >= 11 is 5.75. The lowest BCUT2D eigenvalue weighted by atomic mass is 10.2. The van der Waals surface area contributed by atoms with Gasteiger partial charge >= 0.3 is 6.03 Å². The maximum absolute atomic E-state index is 11.9. The molecule has 0 atom stereocenters. The molecule has 0 spiro atoms. The summed E-state index contributed by atoms with van der Waals surface area (Å²) in [5.74, 6) is 0. The first kappa shape index (κ1) is 13.7. The lowest BCUT2D eigenvalue weighted by Gasteiger charge is -2.04. The minimum absolute atomic E-state index is 0.289. The number of hydrogen-bond acceptors (Lipinski definition) is 4. The van der Waals surface area contributed by atoms with E-state index in [4.69, 9.17) is 11.6 Å². The number of halogens is 1. The van der Waals surface area contributed by atoms with E-state index in [2.05, 4.69) is 27.5 Å². The first-order chi connectivity index (χ1) is 9.22. The van der Waals surface area contributed by atoms with Crippen LogP contribution in [-0.2, 0) is 0 Å². The van der Waals surface area contributed by atoms with Crippen molar-refractivity contribution in [3.63, 3.8) is 0 Å². The Morgan fingerprint density at radius 2 is 2.21 bits per heavy atom. The highest BCUT2D eigenvalue weighted by atomic mass is 35.5. The van der Waals surface area contributed by atoms with E-state index in [-0.39, 0.29) is 6.03 Å². The zero-order valence-corrected chi connectivity index (χ0v) is 11.5. The van der Waals surface area contributed by atoms with Crippen molar-refractivity contribution in [1.29, 1.82) is 0 Å². The summed E-state index contributed by atoms with van der Waals surface area (Å²) in [4.78, 5) is 15.9. The van der Waals surface area contributed by atoms with Crippen molar-refractivity contribution >= 4 is 28.8 Å². The second-order valence-corrected chi connectivity index (χ2v) is 4.66. The molecule has 0 fully saturated rings. The minimum atomic E-state index is -0.289. The molecule has 1 amide bonds. The number of amides is 1. The molecular weight excluding hydrogens is 266 g/mol. The fourth-order valence-electron chi connectivity index (χ4n) is 1.76. The molecule has 0 aliphatic heterocycles. The summed E-state index contributed by atoms with van der Waals surface area (Å²) in [7, 11) is 0. The average molecular weight is 282 g/mol. The van der Waals surface area contributed by atoms with Gasteiger partial charge in [0.1, 0.15) is 10.7 Å². The molecule has 2 heterocycles. The smallest absolute Gasteiger partial charge is 0.336 e. The van der Waals surface area contributed by atoms with E-state index in [0.717, 1.165) is 12.8 Å². The van der Waals surface area contributed by atoms with Crippen LogP contribution in [0.5, 0.6) is 0 Å². The predicted octanol–water partition coefficient (Wildman–Crippen LogP) is 2.62. The van der Waals surface area contributed by atoms with Crippen LogP contribution in [0, 0.1) is 0 Å². The van der Waals surface area contributed by atoms with Crippen LogP contribution in [0.2, 0.25) is 5.15 Å². The third-order valence-electron chi connectivity index (χ3n) is 2.78. The second-order valence-electron chi connectivity index (χ2n) is 4.27. The van der Waals surface area contributed by atoms with Gasteiger partial charge in [-0.05, 0) is 18.6 Å². The van der Waals surface area contributed by atoms with Gasteiger partial charge in [0.25, 0.3) is 0 Å². The molecule has 102 valence electrons. The highest BCUT2D eigenvalue weighted by Crippen LogP contribution is 2.12. The molecular formula is C12H16ClN5O. The van der Waals surface area contributed by atoms with E-state index in [1.165, 1.54) is 17.5 Å². The Hall–Kier alpha value is -1.69. The van der Waals surface area contributed by atoms with E-state index in [9.17, 15) is 4.79 Å². The molecule has 0 saturated heterocycles. The fraction of sp³-hybridized carbons (Fsp3) is 0.500. The van der Waals surface area contributed by atoms with E-state index >= 15 is 0 Å². The highest BCUT2D eigenvalue weighted by molar-refractivity contribution is 6.29. The molecule has 0 aliphatic carbocycles. The van der Waals surface area contributed by atoms with Crippen LogP contribution in [-0.4, -0.2) is 32.6 Å². The monoisotopic (exact) mass is 281 g/mol. The molecule has 0 aromatic carbocycles. The van der Waals surface area contributed by atoms with Gasteiger partial charge in [0.05, 0.1) is 0 Å². The molecule has 0 saturated carbocycles. The van der Waals surface area contributed by atoms with Crippen molar-refractivity contribution < 1.29 is 4.79 Å². The first-order valence-corrected chi connectivity index (χ1v) is 6.76. The summed E-state index contributed by atoms with van der Waals surface area (Å²) in [6.07, 6.45) is 4.45. The van der Waals surface area contributed by atoms with Gasteiger partial charge in [-0.25, -0.2) is 9.78 Å². The van der Waals surface area contributed by atoms with E-state index in [1.54, 1.807) is 12.1 Å². The van der Waals surface area contributed by atoms with Crippen LogP contribution in [0.25, 0.3) is 11.2 Å². The Labute approximate surface area is 116 Å². The van der Waals surface area contributed by atoms with E-state index in [1.807, 2.05) is 0 Å². The summed E-state index contributed by atoms with van der Waals surface area (Å²) in [6.45, 7) is 2.79. The van der Waals surface area contributed by atoms with Crippen molar-refractivity contribution in [2.45, 2.75) is 32.6 Å². The van der Waals surface area contributed by atoms with Crippen LogP contribution in [0.4, 0.5) is 4.79 Å². The van der Waals surface area contributed by atoms with Gasteiger partial charge in [-0.15, -0.1) is 5.10 Å². The van der Waals surface area contributed by atoms with Gasteiger partial charge in [0.2, 0.25) is 5.65 Å². The maximum Gasteiger partial charge on any atom is 0.344 e. The standard InChI is InChI=1S/C12H16ClN5O/c1-2-3-4-5-8-14-12(19)18-9-6-7-10(13)15-11(9)16-17-18/h6-7H,2-5,8H2,1H3,(H,14,19). The molecule has 2 aromatic rings. The number of fused-ring (bicyclic) bond motifs is 1. The number of nitrogens with one attached hydrogen (secondary N) is 1. The van der Waals surface area contributed by atoms with Crippen LogP contribution in [0.1, 0.15) is 32.6 Å². The van der Waals surface area contributed by atoms with Gasteiger partial charge in [-0.1, -0.05) is 43.0 Å². The summed E-state index contributed by atoms with van der Waals surface area (Å²) in [6, 6.07) is 3.00. The van der Waals surface area contributed by atoms with Crippen LogP contribution >= 0.6 is 11.6 Å². The number of rotatable bonds is 5. The largest absolute Gasteiger partial charge is 0.344 e. The molecule has 1 N–H and O–H groups in total. The molecule has 7 heteroatoms. The maximum atomic E-state index is 11.9. The van der Waals surface area contributed by atoms with Crippen molar-refractivity contribution in [3.05, 3.63) is 17.3 Å². The molecule has 0 aliphatic rings. The summed E-state index contributed by atoms with van der Waals surface area (Å²) in [5.41, 5.74) is 0.920. The lowest BCUT2D eigenvalue weighted by molar-refractivity contribution is 0.239. The molecule has 2 aromatic heterocycles. The highest BCUT2D eigenvalue weighted by Gasteiger charge is 2.12. The Morgan fingerprint density at radius 3 is 3.00 bits per heavy atom. The average Bonchev–Trinajstić information content (AvgIpc) is 2.81. The van der Waals surface area contributed by atoms with Crippen molar-refractivity contribution in [3.8, 4) is 0 Å². The molecule has 0 unspecified atom stereocenters. The minimum Gasteiger partial charge on any atom is -0.336 e. The van der Waals surface area contributed by atoms with Gasteiger partial charge in [0, 0.05) is 6.54 Å². The Kier molecular flexibility index (Phi) is 4.68. The normalized spacial score (nSPS) is 10.8. The molecule has 19 heavy (non-hydrogen) atoms. The predicted molar refractivity (Wildman–Crippen MR) is 73.3 cm³/mol. The summed E-state index contributed by atoms with van der Waals surface area (Å²) in [5, 5.41) is 10.7. The molecule has 2 rings (SSSR count). The van der Waals surface area contributed by atoms with Gasteiger partial charge in [0.15, 0.2) is 0 Å². The van der Waals surface area contributed by atoms with Crippen LogP contribution in [0.15, 0.2) is 12.1 Å². The number of carbonyl (C=O) groups excluding carboxylic acids is 1. The third kappa shape index (κ3) is 3.41. The number of nitrogens with zero attached hydrogens (tertiary/aromatic N) is 4. The van der Waals surface area contributed by atoms with Crippen LogP contribution in [0.3, 0.4) is 0 Å². The Morgan fingerprint density at radius 1 is 1.37 bits per heavy atom. The van der Waals surface area contributed by atoms with Crippen LogP contribution < -0.4 is 5.32 Å². The zero-order valence-electron chi connectivity index (χ0n) is 10.8. The van der Waals surface area contributed by atoms with Crippen molar-refractivity contribution in [2.75, 3.05) is 6.54 Å². The molecule has 0 bridgehead atoms. The van der Waals surface area contributed by atoms with Gasteiger partial charge in [-0.2, -0.15) is 4.68 Å². The van der Waals surface area contributed by atoms with Gasteiger partial charge < -0.3 is 5.32 Å². The molecule has 0 radical (unpaired) electrons. The first-order valence-electron chi connectivity index (χ1n) is 6.38. The topological polar surface area (TPSA) is 72.7 Å². The SMILES string of the molecule is CCCCCCNC(=O)n1nnc2nc(Cl)ccc21.